The first-order chi connectivity index (χ1) is 10.7. The molecule has 1 fully saturated rings. The van der Waals surface area contributed by atoms with E-state index >= 15 is 0 Å². The van der Waals surface area contributed by atoms with Crippen LogP contribution in [0.2, 0.25) is 0 Å². The van der Waals surface area contributed by atoms with Gasteiger partial charge in [0.15, 0.2) is 12.1 Å². The number of hydrogen-bond donors (Lipinski definition) is 8. The first-order valence-electron chi connectivity index (χ1n) is 6.84. The number of Topliss-reactive ketones (excluding diaryl/α,β-unsaturated/α-hetero) is 1. The van der Waals surface area contributed by atoms with Gasteiger partial charge in [0.1, 0.15) is 49.3 Å². The van der Waals surface area contributed by atoms with Gasteiger partial charge in [0.05, 0.1) is 13.2 Å². The van der Waals surface area contributed by atoms with Crippen molar-refractivity contribution in [2.75, 3.05) is 19.8 Å². The van der Waals surface area contributed by atoms with Crippen LogP contribution in [0.25, 0.3) is 0 Å². The molecule has 8 atom stereocenters. The first-order valence-corrected chi connectivity index (χ1v) is 6.84. The Kier molecular flexibility index (Phi) is 7.89. The van der Waals surface area contributed by atoms with Crippen LogP contribution in [-0.2, 0) is 14.3 Å². The van der Waals surface area contributed by atoms with Crippen LogP contribution in [0, 0.1) is 0 Å². The molecule has 0 bridgehead atoms. The van der Waals surface area contributed by atoms with Crippen molar-refractivity contribution in [3.63, 3.8) is 0 Å². The molecule has 11 heteroatoms. The molecule has 0 amide bonds. The number of ether oxygens (including phenoxy) is 2. The SMILES string of the molecule is O=C(CO)C(O)C(O)C(O)CO[C@@H]1O[C@H](CO)[C@@H](O)[C@H](O)[C@H]1O. The molecule has 0 spiro atoms. The van der Waals surface area contributed by atoms with Crippen molar-refractivity contribution >= 4 is 5.78 Å². The Morgan fingerprint density at radius 3 is 2.17 bits per heavy atom. The van der Waals surface area contributed by atoms with Crippen molar-refractivity contribution in [2.24, 2.45) is 0 Å². The van der Waals surface area contributed by atoms with Gasteiger partial charge in [-0.1, -0.05) is 0 Å². The van der Waals surface area contributed by atoms with Crippen molar-refractivity contribution in [1.82, 2.24) is 0 Å². The van der Waals surface area contributed by atoms with Crippen molar-refractivity contribution in [2.45, 2.75) is 49.0 Å². The molecule has 8 N–H and O–H groups in total. The molecule has 0 aromatic rings. The Morgan fingerprint density at radius 1 is 1.04 bits per heavy atom. The summed E-state index contributed by atoms with van der Waals surface area (Å²) >= 11 is 0. The zero-order valence-corrected chi connectivity index (χ0v) is 12.0. The highest BCUT2D eigenvalue weighted by Gasteiger charge is 2.44. The number of ketones is 1. The van der Waals surface area contributed by atoms with Gasteiger partial charge >= 0.3 is 0 Å². The van der Waals surface area contributed by atoms with E-state index in [0.717, 1.165) is 0 Å². The van der Waals surface area contributed by atoms with E-state index in [1.165, 1.54) is 0 Å². The normalized spacial score (nSPS) is 35.6. The fourth-order valence-corrected chi connectivity index (χ4v) is 1.99. The Morgan fingerprint density at radius 2 is 1.65 bits per heavy atom. The molecule has 0 aromatic heterocycles. The van der Waals surface area contributed by atoms with Crippen LogP contribution in [0.15, 0.2) is 0 Å². The molecule has 1 aliphatic rings. The van der Waals surface area contributed by atoms with E-state index in [-0.39, 0.29) is 0 Å². The standard InChI is InChI=1S/C12H22O11/c13-1-4(15)7(17)8(18)5(16)3-22-12-11(21)10(20)9(19)6(2-14)23-12/h5-14,16-21H,1-3H2/t5?,6-,7?,8?,9-,10+,11-,12-/m1/s1. The second kappa shape index (κ2) is 8.94. The molecule has 3 unspecified atom stereocenters. The van der Waals surface area contributed by atoms with Gasteiger partial charge in [-0.25, -0.2) is 0 Å². The predicted molar refractivity (Wildman–Crippen MR) is 69.8 cm³/mol. The molecule has 1 rings (SSSR count). The van der Waals surface area contributed by atoms with Crippen molar-refractivity contribution in [3.8, 4) is 0 Å². The topological polar surface area (TPSA) is 197 Å². The summed E-state index contributed by atoms with van der Waals surface area (Å²) in [6, 6.07) is 0. The molecule has 0 saturated carbocycles. The molecular formula is C12H22O11. The van der Waals surface area contributed by atoms with Crippen molar-refractivity contribution in [1.29, 1.82) is 0 Å². The quantitative estimate of drug-likeness (QED) is 0.209. The summed E-state index contributed by atoms with van der Waals surface area (Å²) in [6.07, 6.45) is -13.4. The molecular weight excluding hydrogens is 320 g/mol. The Labute approximate surface area is 130 Å². The average molecular weight is 342 g/mol. The third-order valence-electron chi connectivity index (χ3n) is 3.48. The molecule has 1 saturated heterocycles. The summed E-state index contributed by atoms with van der Waals surface area (Å²) in [5.74, 6) is -1.11. The number of carbonyl (C=O) groups excluding carboxylic acids is 1. The zero-order valence-electron chi connectivity index (χ0n) is 12.0. The predicted octanol–water partition coefficient (Wildman–Crippen LogP) is -5.55. The highest BCUT2D eigenvalue weighted by molar-refractivity contribution is 5.84. The van der Waals surface area contributed by atoms with Gasteiger partial charge in [0.2, 0.25) is 0 Å². The second-order valence-electron chi connectivity index (χ2n) is 5.16. The number of carbonyl (C=O) groups is 1. The Balaban J connectivity index is 2.57. The lowest BCUT2D eigenvalue weighted by Crippen LogP contribution is -2.59. The second-order valence-corrected chi connectivity index (χ2v) is 5.16. The van der Waals surface area contributed by atoms with E-state index < -0.39 is 74.6 Å². The van der Waals surface area contributed by atoms with Crippen LogP contribution in [0.3, 0.4) is 0 Å². The van der Waals surface area contributed by atoms with E-state index in [1.807, 2.05) is 0 Å². The summed E-state index contributed by atoms with van der Waals surface area (Å²) in [4.78, 5) is 11.0. The Hall–Kier alpha value is -0.730. The van der Waals surface area contributed by atoms with Gasteiger partial charge in [-0.3, -0.25) is 4.79 Å². The fourth-order valence-electron chi connectivity index (χ4n) is 1.99. The maximum Gasteiger partial charge on any atom is 0.189 e. The number of aliphatic hydroxyl groups is 8. The number of hydrogen-bond acceptors (Lipinski definition) is 11. The van der Waals surface area contributed by atoms with E-state index in [9.17, 15) is 35.4 Å². The zero-order chi connectivity index (χ0) is 17.7. The van der Waals surface area contributed by atoms with Crippen molar-refractivity contribution < 1.29 is 55.1 Å². The first kappa shape index (κ1) is 20.3. The molecule has 136 valence electrons. The third kappa shape index (κ3) is 4.87. The number of aliphatic hydroxyl groups excluding tert-OH is 8. The lowest BCUT2D eigenvalue weighted by molar-refractivity contribution is -0.306. The summed E-state index contributed by atoms with van der Waals surface area (Å²) in [5.41, 5.74) is 0. The Bertz CT molecular complexity index is 376. The van der Waals surface area contributed by atoms with Crippen LogP contribution < -0.4 is 0 Å². The van der Waals surface area contributed by atoms with Crippen LogP contribution >= 0.6 is 0 Å². The van der Waals surface area contributed by atoms with Crippen LogP contribution in [-0.4, -0.2) is 115 Å². The molecule has 11 nitrogen and oxygen atoms in total. The van der Waals surface area contributed by atoms with E-state index in [0.29, 0.717) is 0 Å². The van der Waals surface area contributed by atoms with E-state index in [4.69, 9.17) is 19.7 Å². The molecule has 23 heavy (non-hydrogen) atoms. The summed E-state index contributed by atoms with van der Waals surface area (Å²) < 4.78 is 9.94. The summed E-state index contributed by atoms with van der Waals surface area (Å²) in [6.45, 7) is -2.40. The summed E-state index contributed by atoms with van der Waals surface area (Å²) in [7, 11) is 0. The van der Waals surface area contributed by atoms with Gasteiger partial charge in [0.25, 0.3) is 0 Å². The molecule has 1 aliphatic heterocycles. The van der Waals surface area contributed by atoms with Gasteiger partial charge in [-0.05, 0) is 0 Å². The molecule has 0 aliphatic carbocycles. The smallest absolute Gasteiger partial charge is 0.189 e. The lowest BCUT2D eigenvalue weighted by Gasteiger charge is -2.40. The van der Waals surface area contributed by atoms with Crippen molar-refractivity contribution in [3.05, 3.63) is 0 Å². The van der Waals surface area contributed by atoms with Gasteiger partial charge in [-0.2, -0.15) is 0 Å². The highest BCUT2D eigenvalue weighted by Crippen LogP contribution is 2.22. The molecule has 0 radical (unpaired) electrons. The molecule has 0 aromatic carbocycles. The largest absolute Gasteiger partial charge is 0.394 e. The fraction of sp³-hybridized carbons (Fsp3) is 0.917. The van der Waals surface area contributed by atoms with Crippen LogP contribution in [0.1, 0.15) is 0 Å². The van der Waals surface area contributed by atoms with Gasteiger partial charge < -0.3 is 50.3 Å². The minimum absolute atomic E-state index is 0.667. The lowest BCUT2D eigenvalue weighted by atomic mass is 9.99. The van der Waals surface area contributed by atoms with Gasteiger partial charge in [-0.15, -0.1) is 0 Å². The number of rotatable bonds is 8. The monoisotopic (exact) mass is 342 g/mol. The van der Waals surface area contributed by atoms with E-state index in [2.05, 4.69) is 0 Å². The molecule has 1 heterocycles. The van der Waals surface area contributed by atoms with Crippen LogP contribution in [0.4, 0.5) is 0 Å². The maximum atomic E-state index is 11.0. The third-order valence-corrected chi connectivity index (χ3v) is 3.48. The van der Waals surface area contributed by atoms with Gasteiger partial charge in [0, 0.05) is 0 Å². The van der Waals surface area contributed by atoms with Crippen LogP contribution in [0.5, 0.6) is 0 Å². The summed E-state index contributed by atoms with van der Waals surface area (Å²) in [5, 5.41) is 74.8. The van der Waals surface area contributed by atoms with E-state index in [1.54, 1.807) is 0 Å². The average Bonchev–Trinajstić information content (AvgIpc) is 2.56. The minimum atomic E-state index is -2.03. The highest BCUT2D eigenvalue weighted by atomic mass is 16.7. The minimum Gasteiger partial charge on any atom is -0.394 e. The maximum absolute atomic E-state index is 11.0.